The molecule has 0 amide bonds. The summed E-state index contributed by atoms with van der Waals surface area (Å²) in [5.74, 6) is 1.78. The van der Waals surface area contributed by atoms with Gasteiger partial charge in [-0.05, 0) is 10.4 Å². The Morgan fingerprint density at radius 2 is 1.62 bits per heavy atom. The van der Waals surface area contributed by atoms with Crippen LogP contribution in [-0.2, 0) is 0 Å². The van der Waals surface area contributed by atoms with Gasteiger partial charge in [-0.3, -0.25) is 0 Å². The molecule has 1 N–H and O–H groups in total. The van der Waals surface area contributed by atoms with Gasteiger partial charge in [0.15, 0.2) is 0 Å². The van der Waals surface area contributed by atoms with Gasteiger partial charge in [-0.25, -0.2) is 5.10 Å². The minimum Gasteiger partial charge on any atom is -0.496 e. The lowest BCUT2D eigenvalue weighted by atomic mass is 10.3. The Bertz CT molecular complexity index is 436. The molecular weight excluding hydrogens is 212 g/mol. The van der Waals surface area contributed by atoms with Gasteiger partial charge in [-0.1, -0.05) is 5.10 Å². The number of aromatic nitrogens is 4. The molecule has 0 fully saturated rings. The maximum Gasteiger partial charge on any atom is 0.338 e. The Kier molecular flexibility index (Phi) is 2.86. The van der Waals surface area contributed by atoms with E-state index >= 15 is 0 Å². The standard InChI is InChI=1S/C9H10N4O3/c1-14-6-3-7(15-2)5-8(4-6)16-9-10-12-13-11-9/h3-5H,1-2H3,(H,10,11,12,13). The van der Waals surface area contributed by atoms with Crippen molar-refractivity contribution >= 4 is 0 Å². The zero-order valence-electron chi connectivity index (χ0n) is 8.80. The molecule has 16 heavy (non-hydrogen) atoms. The second kappa shape index (κ2) is 4.47. The first kappa shape index (κ1) is 10.2. The van der Waals surface area contributed by atoms with E-state index in [-0.39, 0.29) is 6.01 Å². The Hall–Kier alpha value is -2.31. The molecule has 0 saturated heterocycles. The molecule has 7 heteroatoms. The van der Waals surface area contributed by atoms with Crippen molar-refractivity contribution in [2.75, 3.05) is 14.2 Å². The van der Waals surface area contributed by atoms with E-state index in [1.54, 1.807) is 32.4 Å². The number of aromatic amines is 1. The maximum atomic E-state index is 5.35. The summed E-state index contributed by atoms with van der Waals surface area (Å²) < 4.78 is 15.5. The highest BCUT2D eigenvalue weighted by atomic mass is 16.5. The van der Waals surface area contributed by atoms with Crippen LogP contribution in [-0.4, -0.2) is 34.8 Å². The molecule has 0 aliphatic carbocycles. The fraction of sp³-hybridized carbons (Fsp3) is 0.222. The minimum atomic E-state index is 0.204. The number of benzene rings is 1. The van der Waals surface area contributed by atoms with E-state index in [1.165, 1.54) is 0 Å². The van der Waals surface area contributed by atoms with Gasteiger partial charge < -0.3 is 14.2 Å². The van der Waals surface area contributed by atoms with Gasteiger partial charge in [-0.2, -0.15) is 0 Å². The molecule has 7 nitrogen and oxygen atoms in total. The van der Waals surface area contributed by atoms with Crippen LogP contribution in [0.3, 0.4) is 0 Å². The van der Waals surface area contributed by atoms with Crippen LogP contribution in [0.5, 0.6) is 23.3 Å². The third-order valence-electron chi connectivity index (χ3n) is 1.87. The van der Waals surface area contributed by atoms with Gasteiger partial charge in [0.25, 0.3) is 0 Å². The molecular formula is C9H10N4O3. The van der Waals surface area contributed by atoms with Gasteiger partial charge >= 0.3 is 6.01 Å². The molecule has 1 heterocycles. The highest BCUT2D eigenvalue weighted by molar-refractivity contribution is 5.42. The van der Waals surface area contributed by atoms with Gasteiger partial charge in [-0.15, -0.1) is 0 Å². The van der Waals surface area contributed by atoms with Crippen molar-refractivity contribution in [1.82, 2.24) is 20.6 Å². The Labute approximate surface area is 91.3 Å². The lowest BCUT2D eigenvalue weighted by Crippen LogP contribution is -1.91. The molecule has 84 valence electrons. The number of nitrogens with zero attached hydrogens (tertiary/aromatic N) is 3. The van der Waals surface area contributed by atoms with Crippen LogP contribution in [0.1, 0.15) is 0 Å². The summed E-state index contributed by atoms with van der Waals surface area (Å²) in [6.07, 6.45) is 0. The number of nitrogens with one attached hydrogen (secondary N) is 1. The molecule has 1 aromatic carbocycles. The van der Waals surface area contributed by atoms with Crippen LogP contribution >= 0.6 is 0 Å². The topological polar surface area (TPSA) is 82.2 Å². The number of ether oxygens (including phenoxy) is 3. The molecule has 2 rings (SSSR count). The number of hydrogen-bond donors (Lipinski definition) is 1. The van der Waals surface area contributed by atoms with E-state index in [0.29, 0.717) is 17.2 Å². The largest absolute Gasteiger partial charge is 0.496 e. The molecule has 0 unspecified atom stereocenters. The number of methoxy groups -OCH3 is 2. The van der Waals surface area contributed by atoms with Crippen molar-refractivity contribution in [2.24, 2.45) is 0 Å². The van der Waals surface area contributed by atoms with Crippen LogP contribution in [0.25, 0.3) is 0 Å². The van der Waals surface area contributed by atoms with Crippen LogP contribution < -0.4 is 14.2 Å². The minimum absolute atomic E-state index is 0.204. The molecule has 0 spiro atoms. The summed E-state index contributed by atoms with van der Waals surface area (Å²) in [5, 5.41) is 12.9. The molecule has 0 atom stereocenters. The average molecular weight is 222 g/mol. The fourth-order valence-electron chi connectivity index (χ4n) is 1.15. The first-order valence-electron chi connectivity index (χ1n) is 4.46. The first-order valence-corrected chi connectivity index (χ1v) is 4.46. The van der Waals surface area contributed by atoms with E-state index in [9.17, 15) is 0 Å². The summed E-state index contributed by atoms with van der Waals surface area (Å²) in [5.41, 5.74) is 0. The quantitative estimate of drug-likeness (QED) is 0.831. The number of rotatable bonds is 4. The number of H-pyrrole nitrogens is 1. The molecule has 0 bridgehead atoms. The van der Waals surface area contributed by atoms with Crippen molar-refractivity contribution in [1.29, 1.82) is 0 Å². The Morgan fingerprint density at radius 1 is 1.00 bits per heavy atom. The number of tetrazole rings is 1. The number of hydrogen-bond acceptors (Lipinski definition) is 6. The van der Waals surface area contributed by atoms with Crippen LogP contribution in [0.2, 0.25) is 0 Å². The van der Waals surface area contributed by atoms with E-state index < -0.39 is 0 Å². The molecule has 0 radical (unpaired) electrons. The third kappa shape index (κ3) is 2.19. The van der Waals surface area contributed by atoms with Crippen molar-refractivity contribution in [3.05, 3.63) is 18.2 Å². The highest BCUT2D eigenvalue weighted by Crippen LogP contribution is 2.29. The normalized spacial score (nSPS) is 9.88. The van der Waals surface area contributed by atoms with E-state index in [1.807, 2.05) is 0 Å². The smallest absolute Gasteiger partial charge is 0.338 e. The molecule has 0 aliphatic rings. The SMILES string of the molecule is COc1cc(OC)cc(Oc2nnn[nH]2)c1. The zero-order valence-corrected chi connectivity index (χ0v) is 8.80. The Balaban J connectivity index is 2.26. The van der Waals surface area contributed by atoms with Crippen molar-refractivity contribution < 1.29 is 14.2 Å². The lowest BCUT2D eigenvalue weighted by Gasteiger charge is -2.07. The molecule has 2 aromatic rings. The molecule has 0 aliphatic heterocycles. The van der Waals surface area contributed by atoms with Crippen molar-refractivity contribution in [2.45, 2.75) is 0 Å². The monoisotopic (exact) mass is 222 g/mol. The van der Waals surface area contributed by atoms with Gasteiger partial charge in [0, 0.05) is 18.2 Å². The first-order chi connectivity index (χ1) is 7.81. The van der Waals surface area contributed by atoms with Gasteiger partial charge in [0.1, 0.15) is 17.2 Å². The molecule has 0 saturated carbocycles. The van der Waals surface area contributed by atoms with E-state index in [4.69, 9.17) is 14.2 Å². The second-order valence-corrected chi connectivity index (χ2v) is 2.86. The maximum absolute atomic E-state index is 5.35. The van der Waals surface area contributed by atoms with Gasteiger partial charge in [0.2, 0.25) is 0 Å². The predicted molar refractivity (Wildman–Crippen MR) is 53.8 cm³/mol. The Morgan fingerprint density at radius 3 is 2.12 bits per heavy atom. The van der Waals surface area contributed by atoms with E-state index in [2.05, 4.69) is 20.6 Å². The second-order valence-electron chi connectivity index (χ2n) is 2.86. The summed E-state index contributed by atoms with van der Waals surface area (Å²) in [6, 6.07) is 5.34. The van der Waals surface area contributed by atoms with Crippen LogP contribution in [0.15, 0.2) is 18.2 Å². The summed E-state index contributed by atoms with van der Waals surface area (Å²) in [6.45, 7) is 0. The van der Waals surface area contributed by atoms with Crippen LogP contribution in [0.4, 0.5) is 0 Å². The summed E-state index contributed by atoms with van der Waals surface area (Å²) in [7, 11) is 3.13. The predicted octanol–water partition coefficient (Wildman–Crippen LogP) is 1.01. The third-order valence-corrected chi connectivity index (χ3v) is 1.87. The summed E-state index contributed by atoms with van der Waals surface area (Å²) >= 11 is 0. The lowest BCUT2D eigenvalue weighted by molar-refractivity contribution is 0.382. The van der Waals surface area contributed by atoms with E-state index in [0.717, 1.165) is 0 Å². The highest BCUT2D eigenvalue weighted by Gasteiger charge is 2.05. The molecule has 1 aromatic heterocycles. The van der Waals surface area contributed by atoms with Gasteiger partial charge in [0.05, 0.1) is 14.2 Å². The average Bonchev–Trinajstić information content (AvgIpc) is 2.81. The summed E-state index contributed by atoms with van der Waals surface area (Å²) in [4.78, 5) is 0. The fourth-order valence-corrected chi connectivity index (χ4v) is 1.15. The van der Waals surface area contributed by atoms with Crippen LogP contribution in [0, 0.1) is 0 Å². The zero-order chi connectivity index (χ0) is 11.4. The van der Waals surface area contributed by atoms with Crippen molar-refractivity contribution in [3.63, 3.8) is 0 Å². The van der Waals surface area contributed by atoms with Crippen molar-refractivity contribution in [3.8, 4) is 23.3 Å².